The Balaban J connectivity index is 1.67. The highest BCUT2D eigenvalue weighted by atomic mass is 35.5. The van der Waals surface area contributed by atoms with Crippen molar-refractivity contribution < 1.29 is 27.5 Å². The first-order valence-electron chi connectivity index (χ1n) is 7.94. The van der Waals surface area contributed by atoms with E-state index in [1.54, 1.807) is 24.3 Å². The summed E-state index contributed by atoms with van der Waals surface area (Å²) in [4.78, 5) is 25.6. The Morgan fingerprint density at radius 1 is 1.22 bits per heavy atom. The van der Waals surface area contributed by atoms with Crippen molar-refractivity contribution in [1.29, 1.82) is 0 Å². The molecule has 142 valence electrons. The van der Waals surface area contributed by atoms with E-state index in [1.165, 1.54) is 11.0 Å². The van der Waals surface area contributed by atoms with E-state index in [-0.39, 0.29) is 31.2 Å². The third kappa shape index (κ3) is 4.33. The maximum atomic E-state index is 12.9. The Morgan fingerprint density at radius 3 is 2.70 bits per heavy atom. The van der Waals surface area contributed by atoms with E-state index < -0.39 is 22.7 Å². The van der Waals surface area contributed by atoms with Gasteiger partial charge in [-0.3, -0.25) is 9.59 Å². The Hall–Kier alpha value is -2.74. The van der Waals surface area contributed by atoms with Crippen LogP contribution in [-0.4, -0.2) is 25.0 Å². The average Bonchev–Trinajstić information content (AvgIpc) is 2.61. The average molecular weight is 399 g/mol. The third-order valence-electron chi connectivity index (χ3n) is 3.93. The van der Waals surface area contributed by atoms with Gasteiger partial charge < -0.3 is 15.0 Å². The van der Waals surface area contributed by atoms with Crippen molar-refractivity contribution in [3.05, 3.63) is 53.1 Å². The fourth-order valence-corrected chi connectivity index (χ4v) is 2.88. The summed E-state index contributed by atoms with van der Waals surface area (Å²) in [6.07, 6.45) is -4.72. The standard InChI is InChI=1S/C18H14ClF3N2O3/c19-13-6-5-11(9-12(13)18(20,21)22)23-16(25)7-8-24-14-3-1-2-4-15(14)27-10-17(24)26/h1-6,9H,7-8,10H2,(H,23,25). The van der Waals surface area contributed by atoms with Crippen molar-refractivity contribution in [2.75, 3.05) is 23.4 Å². The number of carbonyl (C=O) groups excluding carboxylic acids is 2. The summed E-state index contributed by atoms with van der Waals surface area (Å²) in [6.45, 7) is -0.0600. The maximum absolute atomic E-state index is 12.9. The number of nitrogens with zero attached hydrogens (tertiary/aromatic N) is 1. The zero-order valence-corrected chi connectivity index (χ0v) is 14.6. The zero-order valence-electron chi connectivity index (χ0n) is 13.8. The molecule has 1 heterocycles. The van der Waals surface area contributed by atoms with Gasteiger partial charge >= 0.3 is 6.18 Å². The van der Waals surface area contributed by atoms with Crippen molar-refractivity contribution in [2.24, 2.45) is 0 Å². The Labute approximate surface area is 157 Å². The Kier molecular flexibility index (Phi) is 5.27. The number of benzene rings is 2. The molecule has 0 radical (unpaired) electrons. The van der Waals surface area contributed by atoms with Gasteiger partial charge in [-0.2, -0.15) is 13.2 Å². The lowest BCUT2D eigenvalue weighted by atomic mass is 10.2. The highest BCUT2D eigenvalue weighted by Crippen LogP contribution is 2.36. The molecule has 27 heavy (non-hydrogen) atoms. The molecule has 0 fully saturated rings. The molecule has 0 aromatic heterocycles. The van der Waals surface area contributed by atoms with Gasteiger partial charge in [-0.1, -0.05) is 23.7 Å². The number of fused-ring (bicyclic) bond motifs is 1. The molecule has 0 saturated carbocycles. The van der Waals surface area contributed by atoms with Crippen LogP contribution in [0.1, 0.15) is 12.0 Å². The number of anilines is 2. The van der Waals surface area contributed by atoms with Crippen LogP contribution in [-0.2, 0) is 15.8 Å². The van der Waals surface area contributed by atoms with Crippen LogP contribution >= 0.6 is 11.6 Å². The molecule has 0 spiro atoms. The van der Waals surface area contributed by atoms with Crippen molar-refractivity contribution >= 4 is 34.8 Å². The van der Waals surface area contributed by atoms with Gasteiger partial charge in [-0.05, 0) is 30.3 Å². The number of nitrogens with one attached hydrogen (secondary N) is 1. The van der Waals surface area contributed by atoms with Crippen molar-refractivity contribution in [2.45, 2.75) is 12.6 Å². The molecule has 3 rings (SSSR count). The summed E-state index contributed by atoms with van der Waals surface area (Å²) in [5, 5.41) is 1.95. The second-order valence-corrected chi connectivity index (χ2v) is 6.20. The lowest BCUT2D eigenvalue weighted by Gasteiger charge is -2.29. The Bertz CT molecular complexity index is 886. The van der Waals surface area contributed by atoms with E-state index in [1.807, 2.05) is 0 Å². The first kappa shape index (κ1) is 19.0. The number of halogens is 4. The summed E-state index contributed by atoms with van der Waals surface area (Å²) < 4.78 is 44.0. The van der Waals surface area contributed by atoms with E-state index >= 15 is 0 Å². The molecule has 1 N–H and O–H groups in total. The van der Waals surface area contributed by atoms with E-state index in [4.69, 9.17) is 16.3 Å². The van der Waals surface area contributed by atoms with Crippen LogP contribution in [0.2, 0.25) is 5.02 Å². The van der Waals surface area contributed by atoms with E-state index in [0.29, 0.717) is 11.4 Å². The third-order valence-corrected chi connectivity index (χ3v) is 4.26. The monoisotopic (exact) mass is 398 g/mol. The molecule has 0 saturated heterocycles. The van der Waals surface area contributed by atoms with Crippen LogP contribution in [0.25, 0.3) is 0 Å². The van der Waals surface area contributed by atoms with E-state index in [2.05, 4.69) is 5.32 Å². The molecule has 0 atom stereocenters. The summed E-state index contributed by atoms with van der Waals surface area (Å²) >= 11 is 5.56. The molecule has 2 aromatic rings. The van der Waals surface area contributed by atoms with Crippen LogP contribution in [0.5, 0.6) is 5.75 Å². The normalized spacial score (nSPS) is 13.8. The first-order valence-corrected chi connectivity index (χ1v) is 8.32. The van der Waals surface area contributed by atoms with E-state index in [0.717, 1.165) is 12.1 Å². The predicted octanol–water partition coefficient (Wildman–Crippen LogP) is 4.11. The lowest BCUT2D eigenvalue weighted by Crippen LogP contribution is -2.40. The number of ether oxygens (including phenoxy) is 1. The summed E-state index contributed by atoms with van der Waals surface area (Å²) in [5.74, 6) is -0.292. The van der Waals surface area contributed by atoms with Crippen LogP contribution < -0.4 is 15.0 Å². The fourth-order valence-electron chi connectivity index (χ4n) is 2.66. The Morgan fingerprint density at radius 2 is 1.96 bits per heavy atom. The fraction of sp³-hybridized carbons (Fsp3) is 0.222. The summed E-state index contributed by atoms with van der Waals surface area (Å²) in [7, 11) is 0. The van der Waals surface area contributed by atoms with Gasteiger partial charge in [0, 0.05) is 18.7 Å². The number of rotatable bonds is 4. The summed E-state index contributed by atoms with van der Waals surface area (Å²) in [6, 6.07) is 10.0. The minimum atomic E-state index is -4.62. The first-order chi connectivity index (χ1) is 12.8. The SMILES string of the molecule is O=C(CCN1C(=O)COc2ccccc21)Nc1ccc(Cl)c(C(F)(F)F)c1. The lowest BCUT2D eigenvalue weighted by molar-refractivity contribution is -0.137. The maximum Gasteiger partial charge on any atom is 0.417 e. The predicted molar refractivity (Wildman–Crippen MR) is 94.0 cm³/mol. The molecule has 0 aliphatic carbocycles. The number of amides is 2. The number of hydrogen-bond acceptors (Lipinski definition) is 3. The van der Waals surface area contributed by atoms with Gasteiger partial charge in [-0.25, -0.2) is 0 Å². The molecule has 2 aromatic carbocycles. The summed E-state index contributed by atoms with van der Waals surface area (Å²) in [5.41, 5.74) is -0.503. The topological polar surface area (TPSA) is 58.6 Å². The van der Waals surface area contributed by atoms with Crippen LogP contribution in [0.4, 0.5) is 24.5 Å². The number of para-hydroxylation sites is 2. The van der Waals surface area contributed by atoms with Crippen LogP contribution in [0.3, 0.4) is 0 Å². The minimum Gasteiger partial charge on any atom is -0.482 e. The zero-order chi connectivity index (χ0) is 19.6. The van der Waals surface area contributed by atoms with E-state index in [9.17, 15) is 22.8 Å². The molecule has 0 bridgehead atoms. The van der Waals surface area contributed by atoms with Crippen LogP contribution in [0.15, 0.2) is 42.5 Å². The highest BCUT2D eigenvalue weighted by molar-refractivity contribution is 6.31. The van der Waals surface area contributed by atoms with Gasteiger partial charge in [-0.15, -0.1) is 0 Å². The second kappa shape index (κ2) is 7.48. The van der Waals surface area contributed by atoms with Crippen molar-refractivity contribution in [1.82, 2.24) is 0 Å². The molecule has 1 aliphatic rings. The van der Waals surface area contributed by atoms with Crippen LogP contribution in [0, 0.1) is 0 Å². The minimum absolute atomic E-state index is 0.0228. The molecular weight excluding hydrogens is 385 g/mol. The quantitative estimate of drug-likeness (QED) is 0.843. The molecule has 1 aliphatic heterocycles. The van der Waals surface area contributed by atoms with Crippen molar-refractivity contribution in [3.63, 3.8) is 0 Å². The van der Waals surface area contributed by atoms with Gasteiger partial charge in [0.2, 0.25) is 5.91 Å². The largest absolute Gasteiger partial charge is 0.482 e. The molecular formula is C18H14ClF3N2O3. The van der Waals surface area contributed by atoms with Gasteiger partial charge in [0.05, 0.1) is 16.3 Å². The molecule has 5 nitrogen and oxygen atoms in total. The second-order valence-electron chi connectivity index (χ2n) is 5.79. The van der Waals surface area contributed by atoms with Gasteiger partial charge in [0.1, 0.15) is 5.75 Å². The number of alkyl halides is 3. The number of carbonyl (C=O) groups is 2. The van der Waals surface area contributed by atoms with Gasteiger partial charge in [0.15, 0.2) is 6.61 Å². The smallest absolute Gasteiger partial charge is 0.417 e. The molecule has 9 heteroatoms. The molecule has 0 unspecified atom stereocenters. The van der Waals surface area contributed by atoms with Crippen molar-refractivity contribution in [3.8, 4) is 5.75 Å². The molecule has 2 amide bonds. The number of hydrogen-bond donors (Lipinski definition) is 1. The highest BCUT2D eigenvalue weighted by Gasteiger charge is 2.33. The van der Waals surface area contributed by atoms with Gasteiger partial charge in [0.25, 0.3) is 5.91 Å².